The van der Waals surface area contributed by atoms with Crippen molar-refractivity contribution in [3.63, 3.8) is 0 Å². The van der Waals surface area contributed by atoms with Crippen molar-refractivity contribution in [2.75, 3.05) is 11.9 Å². The van der Waals surface area contributed by atoms with Crippen molar-refractivity contribution in [2.45, 2.75) is 13.0 Å². The van der Waals surface area contributed by atoms with Gasteiger partial charge in [0.15, 0.2) is 0 Å². The molecule has 0 aliphatic carbocycles. The number of aromatic amines is 2. The second-order valence-corrected chi connectivity index (χ2v) is 4.06. The molecule has 0 radical (unpaired) electrons. The van der Waals surface area contributed by atoms with E-state index in [4.69, 9.17) is 5.73 Å². The average Bonchev–Trinajstić information content (AvgIpc) is 2.40. The summed E-state index contributed by atoms with van der Waals surface area (Å²) in [6.45, 7) is 1.07. The van der Waals surface area contributed by atoms with Crippen LogP contribution in [-0.4, -0.2) is 21.7 Å². The first-order valence-electron chi connectivity index (χ1n) is 5.90. The molecule has 5 N–H and O–H groups in total. The summed E-state index contributed by atoms with van der Waals surface area (Å²) in [6.07, 6.45) is 0.842. The quantitative estimate of drug-likeness (QED) is 0.583. The van der Waals surface area contributed by atoms with Crippen LogP contribution in [0.1, 0.15) is 11.1 Å². The summed E-state index contributed by atoms with van der Waals surface area (Å²) in [4.78, 5) is 24.3. The van der Waals surface area contributed by atoms with Crippen LogP contribution in [0.25, 0.3) is 0 Å². The zero-order valence-electron chi connectivity index (χ0n) is 10.3. The van der Waals surface area contributed by atoms with Gasteiger partial charge in [-0.15, -0.1) is 5.10 Å². The Kier molecular flexibility index (Phi) is 4.09. The van der Waals surface area contributed by atoms with Crippen molar-refractivity contribution in [1.82, 2.24) is 15.2 Å². The summed E-state index contributed by atoms with van der Waals surface area (Å²) in [5, 5.41) is 8.65. The van der Waals surface area contributed by atoms with E-state index in [9.17, 15) is 9.59 Å². The van der Waals surface area contributed by atoms with Gasteiger partial charge in [0.25, 0.3) is 5.56 Å². The highest BCUT2D eigenvalue weighted by molar-refractivity contribution is 5.32. The Balaban J connectivity index is 2.02. The number of rotatable bonds is 5. The molecule has 0 amide bonds. The van der Waals surface area contributed by atoms with Crippen molar-refractivity contribution in [1.29, 1.82) is 0 Å². The highest BCUT2D eigenvalue weighted by Crippen LogP contribution is 2.06. The number of nitrogens with two attached hydrogens (primary N) is 1. The Labute approximate surface area is 108 Å². The number of hydrogen-bond acceptors (Lipinski definition) is 5. The van der Waals surface area contributed by atoms with Gasteiger partial charge < -0.3 is 11.1 Å². The minimum absolute atomic E-state index is 0.0886. The van der Waals surface area contributed by atoms with E-state index in [1.54, 1.807) is 0 Å². The molecule has 0 saturated carbocycles. The van der Waals surface area contributed by atoms with E-state index in [0.29, 0.717) is 13.1 Å². The minimum Gasteiger partial charge on any atom is -0.360 e. The highest BCUT2D eigenvalue weighted by atomic mass is 16.2. The predicted molar refractivity (Wildman–Crippen MR) is 72.0 cm³/mol. The topological polar surface area (TPSA) is 117 Å². The van der Waals surface area contributed by atoms with Crippen LogP contribution in [0.2, 0.25) is 0 Å². The first kappa shape index (κ1) is 13.0. The Hall–Kier alpha value is -2.41. The standard InChI is InChI=1S/C12H15N5O2/c13-6-5-8-1-3-9(4-2-8)7-14-10-11(18)15-12(19)17-16-10/h1-4H,5-7,13H2,(H,14,16)(H2,15,17,18,19). The van der Waals surface area contributed by atoms with E-state index >= 15 is 0 Å². The summed E-state index contributed by atoms with van der Waals surface area (Å²) in [6, 6.07) is 7.90. The van der Waals surface area contributed by atoms with Gasteiger partial charge in [0, 0.05) is 6.54 Å². The van der Waals surface area contributed by atoms with Crippen molar-refractivity contribution in [3.8, 4) is 0 Å². The van der Waals surface area contributed by atoms with Gasteiger partial charge in [-0.3, -0.25) is 9.78 Å². The van der Waals surface area contributed by atoms with Crippen LogP contribution < -0.4 is 22.3 Å². The maximum absolute atomic E-state index is 11.4. The van der Waals surface area contributed by atoms with Crippen molar-refractivity contribution in [2.24, 2.45) is 5.73 Å². The lowest BCUT2D eigenvalue weighted by molar-refractivity contribution is 0.882. The van der Waals surface area contributed by atoms with E-state index < -0.39 is 11.2 Å². The maximum Gasteiger partial charge on any atom is 0.342 e. The average molecular weight is 261 g/mol. The Bertz CT molecular complexity index is 644. The Morgan fingerprint density at radius 2 is 1.84 bits per heavy atom. The first-order valence-corrected chi connectivity index (χ1v) is 5.90. The van der Waals surface area contributed by atoms with Crippen LogP contribution in [0.5, 0.6) is 0 Å². The maximum atomic E-state index is 11.4. The second kappa shape index (κ2) is 5.96. The van der Waals surface area contributed by atoms with Crippen LogP contribution >= 0.6 is 0 Å². The summed E-state index contributed by atoms with van der Waals surface area (Å²) in [5.74, 6) is 0.0886. The lowest BCUT2D eigenvalue weighted by atomic mass is 10.1. The van der Waals surface area contributed by atoms with Gasteiger partial charge in [-0.05, 0) is 24.1 Å². The minimum atomic E-state index is -0.623. The molecule has 0 spiro atoms. The number of benzene rings is 1. The van der Waals surface area contributed by atoms with Gasteiger partial charge in [0.2, 0.25) is 5.82 Å². The molecule has 7 heteroatoms. The van der Waals surface area contributed by atoms with Gasteiger partial charge >= 0.3 is 5.69 Å². The molecule has 0 saturated heterocycles. The van der Waals surface area contributed by atoms with E-state index in [0.717, 1.165) is 12.0 Å². The van der Waals surface area contributed by atoms with Crippen molar-refractivity contribution < 1.29 is 0 Å². The molecule has 1 aromatic carbocycles. The van der Waals surface area contributed by atoms with E-state index in [1.165, 1.54) is 5.56 Å². The molecule has 1 heterocycles. The van der Waals surface area contributed by atoms with Gasteiger partial charge in [-0.2, -0.15) is 0 Å². The molecule has 0 aliphatic rings. The third kappa shape index (κ3) is 3.52. The monoisotopic (exact) mass is 261 g/mol. The van der Waals surface area contributed by atoms with Gasteiger partial charge in [0.1, 0.15) is 0 Å². The SMILES string of the molecule is NCCc1ccc(CNc2n[nH]c(=O)[nH]c2=O)cc1. The van der Waals surface area contributed by atoms with Crippen LogP contribution in [0.15, 0.2) is 33.9 Å². The number of nitrogens with one attached hydrogen (secondary N) is 3. The molecule has 100 valence electrons. The number of hydrogen-bond donors (Lipinski definition) is 4. The summed E-state index contributed by atoms with van der Waals surface area (Å²) in [5.41, 5.74) is 6.49. The summed E-state index contributed by atoms with van der Waals surface area (Å²) in [7, 11) is 0. The predicted octanol–water partition coefficient (Wildman–Crippen LogP) is -0.429. The molecule has 0 unspecified atom stereocenters. The summed E-state index contributed by atoms with van der Waals surface area (Å²) < 4.78 is 0. The molecule has 0 fully saturated rings. The van der Waals surface area contributed by atoms with Crippen LogP contribution in [0.3, 0.4) is 0 Å². The van der Waals surface area contributed by atoms with Crippen LogP contribution in [0, 0.1) is 0 Å². The molecule has 19 heavy (non-hydrogen) atoms. The fourth-order valence-corrected chi connectivity index (χ4v) is 1.64. The Morgan fingerprint density at radius 3 is 2.47 bits per heavy atom. The normalized spacial score (nSPS) is 10.4. The zero-order valence-corrected chi connectivity index (χ0v) is 10.3. The molecule has 1 aromatic heterocycles. The fourth-order valence-electron chi connectivity index (χ4n) is 1.64. The fraction of sp³-hybridized carbons (Fsp3) is 0.250. The molecule has 0 bridgehead atoms. The van der Waals surface area contributed by atoms with Gasteiger partial charge in [0.05, 0.1) is 0 Å². The van der Waals surface area contributed by atoms with E-state index in [1.807, 2.05) is 24.3 Å². The highest BCUT2D eigenvalue weighted by Gasteiger charge is 2.01. The molecule has 2 rings (SSSR count). The number of aromatic nitrogens is 3. The first-order chi connectivity index (χ1) is 9.19. The van der Waals surface area contributed by atoms with Gasteiger partial charge in [-0.25, -0.2) is 9.89 Å². The van der Waals surface area contributed by atoms with Crippen LogP contribution in [0.4, 0.5) is 5.82 Å². The molecule has 0 aliphatic heterocycles. The van der Waals surface area contributed by atoms with Crippen LogP contribution in [-0.2, 0) is 13.0 Å². The third-order valence-electron chi connectivity index (χ3n) is 2.63. The van der Waals surface area contributed by atoms with Gasteiger partial charge in [-0.1, -0.05) is 24.3 Å². The van der Waals surface area contributed by atoms with Crippen molar-refractivity contribution in [3.05, 3.63) is 56.2 Å². The molecule has 7 nitrogen and oxygen atoms in total. The summed E-state index contributed by atoms with van der Waals surface area (Å²) >= 11 is 0. The number of H-pyrrole nitrogens is 2. The zero-order chi connectivity index (χ0) is 13.7. The lowest BCUT2D eigenvalue weighted by Crippen LogP contribution is -2.26. The largest absolute Gasteiger partial charge is 0.360 e. The molecule has 2 aromatic rings. The molecular weight excluding hydrogens is 246 g/mol. The third-order valence-corrected chi connectivity index (χ3v) is 2.63. The smallest absolute Gasteiger partial charge is 0.342 e. The van der Waals surface area contributed by atoms with E-state index in [2.05, 4.69) is 20.5 Å². The number of nitrogens with zero attached hydrogens (tertiary/aromatic N) is 1. The van der Waals surface area contributed by atoms with E-state index in [-0.39, 0.29) is 5.82 Å². The molecular formula is C12H15N5O2. The van der Waals surface area contributed by atoms with Crippen molar-refractivity contribution >= 4 is 5.82 Å². The Morgan fingerprint density at radius 1 is 1.16 bits per heavy atom. The second-order valence-electron chi connectivity index (χ2n) is 4.06. The number of anilines is 1. The molecule has 0 atom stereocenters. The lowest BCUT2D eigenvalue weighted by Gasteiger charge is -2.05.